The van der Waals surface area contributed by atoms with Gasteiger partial charge in [-0.15, -0.1) is 5.10 Å². The van der Waals surface area contributed by atoms with Crippen molar-refractivity contribution in [1.29, 1.82) is 0 Å². The third-order valence-corrected chi connectivity index (χ3v) is 4.33. The fourth-order valence-electron chi connectivity index (χ4n) is 2.91. The van der Waals surface area contributed by atoms with Crippen LogP contribution in [0, 0.1) is 17.5 Å². The summed E-state index contributed by atoms with van der Waals surface area (Å²) in [5.74, 6) is -4.59. The van der Waals surface area contributed by atoms with Crippen LogP contribution >= 0.6 is 0 Å². The average molecular weight is 371 g/mol. The number of carbonyl (C=O) groups excluding carboxylic acids is 1. The molecule has 0 amide bonds. The molecule has 1 fully saturated rings. The molecule has 1 aliphatic heterocycles. The molecule has 3 rings (SSSR count). The molecule has 1 aliphatic rings. The number of ketones is 1. The van der Waals surface area contributed by atoms with E-state index in [0.717, 1.165) is 12.1 Å². The predicted molar refractivity (Wildman–Crippen MR) is 81.4 cm³/mol. The van der Waals surface area contributed by atoms with Gasteiger partial charge in [-0.1, -0.05) is 5.21 Å². The second kappa shape index (κ2) is 7.14. The molecule has 0 saturated carbocycles. The van der Waals surface area contributed by atoms with E-state index < -0.39 is 48.4 Å². The molecule has 0 spiro atoms. The van der Waals surface area contributed by atoms with Crippen LogP contribution in [0.15, 0.2) is 18.3 Å². The van der Waals surface area contributed by atoms with E-state index in [0.29, 0.717) is 0 Å². The van der Waals surface area contributed by atoms with Crippen LogP contribution in [-0.4, -0.2) is 55.9 Å². The maximum Gasteiger partial charge on any atom is 0.194 e. The Labute approximate surface area is 146 Å². The predicted octanol–water partition coefficient (Wildman–Crippen LogP) is 1.00. The van der Waals surface area contributed by atoms with Crippen molar-refractivity contribution in [1.82, 2.24) is 15.0 Å². The molecule has 2 aromatic rings. The molecule has 140 valence electrons. The molecule has 4 atom stereocenters. The first kappa shape index (κ1) is 18.5. The number of halogens is 3. The van der Waals surface area contributed by atoms with Gasteiger partial charge in [-0.25, -0.2) is 17.9 Å². The molecule has 7 nitrogen and oxygen atoms in total. The highest BCUT2D eigenvalue weighted by Gasteiger charge is 2.40. The summed E-state index contributed by atoms with van der Waals surface area (Å²) in [6, 6.07) is 0.815. The van der Waals surface area contributed by atoms with Gasteiger partial charge in [-0.05, 0) is 19.1 Å². The first-order valence-electron chi connectivity index (χ1n) is 7.83. The lowest BCUT2D eigenvalue weighted by atomic mass is 9.94. The van der Waals surface area contributed by atoms with E-state index in [2.05, 4.69) is 10.3 Å². The summed E-state index contributed by atoms with van der Waals surface area (Å²) < 4.78 is 46.5. The number of aliphatic hydroxyl groups excluding tert-OH is 2. The highest BCUT2D eigenvalue weighted by atomic mass is 19.2. The molecule has 0 unspecified atom stereocenters. The van der Waals surface area contributed by atoms with Crippen LogP contribution in [0.2, 0.25) is 0 Å². The van der Waals surface area contributed by atoms with Crippen molar-refractivity contribution in [3.8, 4) is 11.3 Å². The van der Waals surface area contributed by atoms with Crippen LogP contribution in [0.4, 0.5) is 13.2 Å². The van der Waals surface area contributed by atoms with Gasteiger partial charge in [0.15, 0.2) is 23.2 Å². The van der Waals surface area contributed by atoms with Crippen molar-refractivity contribution in [2.24, 2.45) is 0 Å². The Balaban J connectivity index is 1.92. The highest BCUT2D eigenvalue weighted by molar-refractivity contribution is 5.80. The number of Topliss-reactive ketones (excluding diaryl/α,β-unsaturated/α-hetero) is 1. The molecular formula is C16H16F3N3O4. The molecule has 0 radical (unpaired) electrons. The molecule has 0 aliphatic carbocycles. The monoisotopic (exact) mass is 371 g/mol. The van der Waals surface area contributed by atoms with Gasteiger partial charge >= 0.3 is 0 Å². The minimum atomic E-state index is -1.59. The topological polar surface area (TPSA) is 97.5 Å². The number of hydrogen-bond acceptors (Lipinski definition) is 6. The minimum Gasteiger partial charge on any atom is -0.394 e. The zero-order chi connectivity index (χ0) is 19.0. The van der Waals surface area contributed by atoms with Crippen molar-refractivity contribution >= 4 is 5.78 Å². The van der Waals surface area contributed by atoms with E-state index in [1.165, 1.54) is 17.8 Å². The van der Waals surface area contributed by atoms with Crippen LogP contribution in [0.5, 0.6) is 0 Å². The van der Waals surface area contributed by atoms with E-state index in [1.54, 1.807) is 0 Å². The zero-order valence-corrected chi connectivity index (χ0v) is 13.6. The maximum atomic E-state index is 13.4. The minimum absolute atomic E-state index is 0.0315. The van der Waals surface area contributed by atoms with Crippen molar-refractivity contribution in [3.63, 3.8) is 0 Å². The molecular weight excluding hydrogens is 355 g/mol. The standard InChI is InChI=1S/C16H16F3N3O4/c1-7(24)13-4-12(16(25)14(6-23)26-13)22-5-11(20-21-22)8-2-9(17)15(19)10(18)3-8/h2-3,5,12-14,16,23,25H,4,6H2,1H3/t12-,13-,14-,16-/m1/s1. The Kier molecular flexibility index (Phi) is 5.08. The van der Waals surface area contributed by atoms with Gasteiger partial charge in [0.1, 0.15) is 24.0 Å². The lowest BCUT2D eigenvalue weighted by molar-refractivity contribution is -0.168. The van der Waals surface area contributed by atoms with Crippen LogP contribution < -0.4 is 0 Å². The average Bonchev–Trinajstić information content (AvgIpc) is 3.09. The number of aromatic nitrogens is 3. The van der Waals surface area contributed by atoms with Gasteiger partial charge in [-0.2, -0.15) is 0 Å². The van der Waals surface area contributed by atoms with Crippen molar-refractivity contribution in [2.75, 3.05) is 6.61 Å². The lowest BCUT2D eigenvalue weighted by Gasteiger charge is -2.37. The Morgan fingerprint density at radius 2 is 2.00 bits per heavy atom. The van der Waals surface area contributed by atoms with Crippen molar-refractivity contribution in [3.05, 3.63) is 35.8 Å². The molecule has 2 N–H and O–H groups in total. The highest BCUT2D eigenvalue weighted by Crippen LogP contribution is 2.31. The van der Waals surface area contributed by atoms with Crippen LogP contribution in [0.25, 0.3) is 11.3 Å². The second-order valence-electron chi connectivity index (χ2n) is 6.09. The van der Waals surface area contributed by atoms with Crippen LogP contribution in [-0.2, 0) is 9.53 Å². The summed E-state index contributed by atoms with van der Waals surface area (Å²) in [6.45, 7) is 0.822. The molecule has 1 aromatic heterocycles. The molecule has 2 heterocycles. The number of carbonyl (C=O) groups is 1. The van der Waals surface area contributed by atoms with E-state index in [1.807, 2.05) is 0 Å². The van der Waals surface area contributed by atoms with Crippen molar-refractivity contribution in [2.45, 2.75) is 37.7 Å². The Morgan fingerprint density at radius 3 is 2.58 bits per heavy atom. The van der Waals surface area contributed by atoms with E-state index >= 15 is 0 Å². The van der Waals surface area contributed by atoms with E-state index in [9.17, 15) is 28.2 Å². The molecule has 1 saturated heterocycles. The number of rotatable bonds is 4. The maximum absolute atomic E-state index is 13.4. The quantitative estimate of drug-likeness (QED) is 0.779. The second-order valence-corrected chi connectivity index (χ2v) is 6.09. The smallest absolute Gasteiger partial charge is 0.194 e. The zero-order valence-electron chi connectivity index (χ0n) is 13.6. The lowest BCUT2D eigenvalue weighted by Crippen LogP contribution is -2.49. The van der Waals surface area contributed by atoms with Gasteiger partial charge in [0.05, 0.1) is 18.8 Å². The summed E-state index contributed by atoms with van der Waals surface area (Å²) >= 11 is 0. The largest absolute Gasteiger partial charge is 0.394 e. The number of benzene rings is 1. The van der Waals surface area contributed by atoms with Gasteiger partial charge in [0.25, 0.3) is 0 Å². The summed E-state index contributed by atoms with van der Waals surface area (Å²) in [5.41, 5.74) is 0.0254. The van der Waals surface area contributed by atoms with Crippen LogP contribution in [0.1, 0.15) is 19.4 Å². The number of nitrogens with zero attached hydrogens (tertiary/aromatic N) is 3. The fraction of sp³-hybridized carbons (Fsp3) is 0.438. The molecule has 26 heavy (non-hydrogen) atoms. The van der Waals surface area contributed by atoms with Gasteiger partial charge in [-0.3, -0.25) is 4.79 Å². The number of aliphatic hydroxyl groups is 2. The summed E-state index contributed by atoms with van der Waals surface area (Å²) in [6.07, 6.45) is -1.60. The van der Waals surface area contributed by atoms with Gasteiger partial charge in [0.2, 0.25) is 0 Å². The third-order valence-electron chi connectivity index (χ3n) is 4.33. The molecule has 1 aromatic carbocycles. The summed E-state index contributed by atoms with van der Waals surface area (Å²) in [5, 5.41) is 27.3. The number of hydrogen-bond donors (Lipinski definition) is 2. The fourth-order valence-corrected chi connectivity index (χ4v) is 2.91. The van der Waals surface area contributed by atoms with E-state index in [-0.39, 0.29) is 23.5 Å². The normalized spacial score (nSPS) is 26.1. The molecule has 10 heteroatoms. The van der Waals surface area contributed by atoms with E-state index in [4.69, 9.17) is 4.74 Å². The SMILES string of the molecule is CC(=O)[C@H]1C[C@@H](n2cc(-c3cc(F)c(F)c(F)c3)nn2)[C@@H](O)[C@@H](CO)O1. The first-order valence-corrected chi connectivity index (χ1v) is 7.83. The van der Waals surface area contributed by atoms with Gasteiger partial charge in [0, 0.05) is 12.0 Å². The third kappa shape index (κ3) is 3.35. The van der Waals surface area contributed by atoms with Gasteiger partial charge < -0.3 is 14.9 Å². The number of ether oxygens (including phenoxy) is 1. The van der Waals surface area contributed by atoms with Crippen LogP contribution in [0.3, 0.4) is 0 Å². The Hall–Kier alpha value is -2.30. The molecule has 0 bridgehead atoms. The Morgan fingerprint density at radius 1 is 1.35 bits per heavy atom. The summed E-state index contributed by atoms with van der Waals surface area (Å²) in [4.78, 5) is 11.6. The van der Waals surface area contributed by atoms with Crippen molar-refractivity contribution < 1.29 is 32.9 Å². The summed E-state index contributed by atoms with van der Waals surface area (Å²) in [7, 11) is 0. The first-order chi connectivity index (χ1) is 12.3. The Bertz CT molecular complexity index is 806.